The lowest BCUT2D eigenvalue weighted by Gasteiger charge is -2.34. The van der Waals surface area contributed by atoms with Crippen LogP contribution >= 0.6 is 0 Å². The van der Waals surface area contributed by atoms with Gasteiger partial charge in [0.2, 0.25) is 0 Å². The Labute approximate surface area is 121 Å². The highest BCUT2D eigenvalue weighted by atomic mass is 16.5. The normalized spacial score (nSPS) is 21.9. The summed E-state index contributed by atoms with van der Waals surface area (Å²) in [6, 6.07) is 6.05. The van der Waals surface area contributed by atoms with Gasteiger partial charge in [0.15, 0.2) is 5.78 Å². The maximum atomic E-state index is 12.8. The monoisotopic (exact) mass is 272 g/mol. The Hall–Kier alpha value is -1.31. The fourth-order valence-corrected chi connectivity index (χ4v) is 3.46. The van der Waals surface area contributed by atoms with Crippen LogP contribution in [-0.4, -0.2) is 12.4 Å². The molecule has 1 aromatic carbocycles. The zero-order chi connectivity index (χ0) is 14.2. The van der Waals surface area contributed by atoms with Crippen LogP contribution in [0.4, 0.5) is 0 Å². The third kappa shape index (κ3) is 2.61. The number of ether oxygens (including phenoxy) is 1. The van der Waals surface area contributed by atoms with Gasteiger partial charge >= 0.3 is 0 Å². The van der Waals surface area contributed by atoms with Gasteiger partial charge < -0.3 is 4.74 Å². The molecule has 0 spiro atoms. The van der Waals surface area contributed by atoms with Crippen LogP contribution in [0.5, 0.6) is 5.75 Å². The molecule has 1 saturated carbocycles. The average molecular weight is 272 g/mol. The van der Waals surface area contributed by atoms with Crippen LogP contribution in [0.2, 0.25) is 0 Å². The minimum Gasteiger partial charge on any atom is -0.493 e. The van der Waals surface area contributed by atoms with Crippen molar-refractivity contribution in [3.63, 3.8) is 0 Å². The van der Waals surface area contributed by atoms with Gasteiger partial charge in [-0.1, -0.05) is 26.0 Å². The van der Waals surface area contributed by atoms with Crippen LogP contribution in [0.25, 0.3) is 0 Å². The van der Waals surface area contributed by atoms with E-state index in [1.807, 2.05) is 12.1 Å². The highest BCUT2D eigenvalue weighted by molar-refractivity contribution is 6.00. The molecule has 2 aliphatic rings. The first-order valence-electron chi connectivity index (χ1n) is 7.86. The molecule has 2 heteroatoms. The van der Waals surface area contributed by atoms with Gasteiger partial charge in [-0.05, 0) is 55.6 Å². The Bertz CT molecular complexity index is 506. The van der Waals surface area contributed by atoms with E-state index in [2.05, 4.69) is 19.9 Å². The van der Waals surface area contributed by atoms with E-state index in [4.69, 9.17) is 4.74 Å². The Morgan fingerprint density at radius 1 is 1.25 bits per heavy atom. The summed E-state index contributed by atoms with van der Waals surface area (Å²) in [5.41, 5.74) is 2.44. The molecule has 20 heavy (non-hydrogen) atoms. The number of fused-ring (bicyclic) bond motifs is 1. The van der Waals surface area contributed by atoms with Crippen LogP contribution in [0, 0.1) is 11.3 Å². The minimum absolute atomic E-state index is 0.194. The average Bonchev–Trinajstić information content (AvgIpc) is 2.46. The number of rotatable bonds is 2. The molecule has 0 radical (unpaired) electrons. The molecular weight excluding hydrogens is 248 g/mol. The topological polar surface area (TPSA) is 26.3 Å². The van der Waals surface area contributed by atoms with Crippen LogP contribution < -0.4 is 4.74 Å². The predicted octanol–water partition coefficient (Wildman–Crippen LogP) is 4.41. The maximum Gasteiger partial charge on any atom is 0.169 e. The van der Waals surface area contributed by atoms with Crippen molar-refractivity contribution >= 4 is 5.78 Å². The Kier molecular flexibility index (Phi) is 3.57. The first-order chi connectivity index (χ1) is 9.57. The largest absolute Gasteiger partial charge is 0.493 e. The lowest BCUT2D eigenvalue weighted by atomic mass is 9.71. The van der Waals surface area contributed by atoms with E-state index in [1.165, 1.54) is 5.56 Å². The Morgan fingerprint density at radius 2 is 2.00 bits per heavy atom. The highest BCUT2D eigenvalue weighted by Gasteiger charge is 2.32. The van der Waals surface area contributed by atoms with Gasteiger partial charge in [-0.3, -0.25) is 4.79 Å². The SMILES string of the molecule is CC1(C)CCC(C(=O)c2cccc3c2OCCC3)CC1. The number of carbonyl (C=O) groups excluding carboxylic acids is 1. The highest BCUT2D eigenvalue weighted by Crippen LogP contribution is 2.40. The maximum absolute atomic E-state index is 12.8. The Morgan fingerprint density at radius 3 is 2.75 bits per heavy atom. The molecular formula is C18H24O2. The van der Waals surface area contributed by atoms with Gasteiger partial charge in [-0.25, -0.2) is 0 Å². The molecule has 1 aromatic rings. The van der Waals surface area contributed by atoms with E-state index in [0.717, 1.165) is 56.4 Å². The molecule has 1 aliphatic heterocycles. The number of para-hydroxylation sites is 1. The van der Waals surface area contributed by atoms with E-state index in [0.29, 0.717) is 11.2 Å². The van der Waals surface area contributed by atoms with E-state index in [-0.39, 0.29) is 5.92 Å². The van der Waals surface area contributed by atoms with Crippen molar-refractivity contribution in [3.8, 4) is 5.75 Å². The zero-order valence-corrected chi connectivity index (χ0v) is 12.6. The van der Waals surface area contributed by atoms with Crippen LogP contribution in [0.15, 0.2) is 18.2 Å². The molecule has 0 atom stereocenters. The summed E-state index contributed by atoms with van der Waals surface area (Å²) in [4.78, 5) is 12.8. The number of benzene rings is 1. The van der Waals surface area contributed by atoms with Gasteiger partial charge in [0, 0.05) is 5.92 Å². The van der Waals surface area contributed by atoms with Crippen molar-refractivity contribution in [2.45, 2.75) is 52.4 Å². The fraction of sp³-hybridized carbons (Fsp3) is 0.611. The lowest BCUT2D eigenvalue weighted by molar-refractivity contribution is 0.0833. The molecule has 1 heterocycles. The molecule has 1 fully saturated rings. The summed E-state index contributed by atoms with van der Waals surface area (Å²) in [5, 5.41) is 0. The lowest BCUT2D eigenvalue weighted by Crippen LogP contribution is -2.27. The molecule has 0 saturated heterocycles. The summed E-state index contributed by atoms with van der Waals surface area (Å²) in [6.45, 7) is 5.36. The van der Waals surface area contributed by atoms with E-state index < -0.39 is 0 Å². The standard InChI is InChI=1S/C18H24O2/c1-18(2)10-8-13(9-11-18)16(19)15-7-3-5-14-6-4-12-20-17(14)15/h3,5,7,13H,4,6,8-12H2,1-2H3. The number of hydrogen-bond donors (Lipinski definition) is 0. The van der Waals surface area contributed by atoms with Gasteiger partial charge in [-0.2, -0.15) is 0 Å². The van der Waals surface area contributed by atoms with Crippen molar-refractivity contribution in [1.29, 1.82) is 0 Å². The predicted molar refractivity (Wildman–Crippen MR) is 80.3 cm³/mol. The van der Waals surface area contributed by atoms with Crippen LogP contribution in [0.3, 0.4) is 0 Å². The molecule has 0 amide bonds. The van der Waals surface area contributed by atoms with E-state index in [1.54, 1.807) is 0 Å². The second kappa shape index (κ2) is 5.23. The van der Waals surface area contributed by atoms with Crippen molar-refractivity contribution < 1.29 is 9.53 Å². The van der Waals surface area contributed by atoms with E-state index >= 15 is 0 Å². The third-order valence-corrected chi connectivity index (χ3v) is 4.91. The molecule has 2 nitrogen and oxygen atoms in total. The molecule has 0 bridgehead atoms. The van der Waals surface area contributed by atoms with Gasteiger partial charge in [0.1, 0.15) is 5.75 Å². The zero-order valence-electron chi connectivity index (χ0n) is 12.6. The van der Waals surface area contributed by atoms with Crippen molar-refractivity contribution in [2.24, 2.45) is 11.3 Å². The molecule has 108 valence electrons. The minimum atomic E-state index is 0.194. The molecule has 0 N–H and O–H groups in total. The molecule has 3 rings (SSSR count). The number of ketones is 1. The van der Waals surface area contributed by atoms with Crippen LogP contribution in [-0.2, 0) is 6.42 Å². The summed E-state index contributed by atoms with van der Waals surface area (Å²) in [5.74, 6) is 1.37. The Balaban J connectivity index is 1.81. The summed E-state index contributed by atoms with van der Waals surface area (Å²) >= 11 is 0. The van der Waals surface area contributed by atoms with Crippen molar-refractivity contribution in [3.05, 3.63) is 29.3 Å². The molecule has 1 aliphatic carbocycles. The van der Waals surface area contributed by atoms with Gasteiger partial charge in [0.05, 0.1) is 12.2 Å². The quantitative estimate of drug-likeness (QED) is 0.745. The van der Waals surface area contributed by atoms with Crippen molar-refractivity contribution in [2.75, 3.05) is 6.61 Å². The first-order valence-corrected chi connectivity index (χ1v) is 7.86. The third-order valence-electron chi connectivity index (χ3n) is 4.91. The first kappa shape index (κ1) is 13.7. The van der Waals surface area contributed by atoms with Gasteiger partial charge in [0.25, 0.3) is 0 Å². The number of aryl methyl sites for hydroxylation is 1. The number of Topliss-reactive ketones (excluding diaryl/α,β-unsaturated/α-hetero) is 1. The van der Waals surface area contributed by atoms with Gasteiger partial charge in [-0.15, -0.1) is 0 Å². The second-order valence-corrected chi connectivity index (χ2v) is 7.05. The smallest absolute Gasteiger partial charge is 0.169 e. The molecule has 0 aromatic heterocycles. The summed E-state index contributed by atoms with van der Waals surface area (Å²) in [7, 11) is 0. The molecule has 0 unspecified atom stereocenters. The second-order valence-electron chi connectivity index (χ2n) is 7.05. The summed E-state index contributed by atoms with van der Waals surface area (Å²) < 4.78 is 5.79. The van der Waals surface area contributed by atoms with Crippen molar-refractivity contribution in [1.82, 2.24) is 0 Å². The fourth-order valence-electron chi connectivity index (χ4n) is 3.46. The summed E-state index contributed by atoms with van der Waals surface area (Å²) in [6.07, 6.45) is 6.44. The van der Waals surface area contributed by atoms with Crippen LogP contribution in [0.1, 0.15) is 61.9 Å². The number of carbonyl (C=O) groups is 1. The van der Waals surface area contributed by atoms with E-state index in [9.17, 15) is 4.79 Å². The number of hydrogen-bond acceptors (Lipinski definition) is 2.